The number of carbonyl (C=O) groups excluding carboxylic acids is 1. The van der Waals surface area contributed by atoms with Crippen LogP contribution in [0.25, 0.3) is 0 Å². The van der Waals surface area contributed by atoms with E-state index in [9.17, 15) is 9.59 Å². The number of aliphatic carboxylic acids is 1. The lowest BCUT2D eigenvalue weighted by Gasteiger charge is -2.26. The van der Waals surface area contributed by atoms with Gasteiger partial charge in [0.15, 0.2) is 0 Å². The first-order valence-electron chi connectivity index (χ1n) is 6.82. The predicted molar refractivity (Wildman–Crippen MR) is 71.9 cm³/mol. The quantitative estimate of drug-likeness (QED) is 0.744. The van der Waals surface area contributed by atoms with E-state index in [1.807, 2.05) is 0 Å². The van der Waals surface area contributed by atoms with E-state index in [1.54, 1.807) is 30.2 Å². The van der Waals surface area contributed by atoms with Gasteiger partial charge in [0.25, 0.3) is 0 Å². The molecule has 20 heavy (non-hydrogen) atoms. The summed E-state index contributed by atoms with van der Waals surface area (Å²) < 4.78 is 5.14. The minimum Gasteiger partial charge on any atom is -0.480 e. The van der Waals surface area contributed by atoms with Gasteiger partial charge in [-0.05, 0) is 37.8 Å². The first kappa shape index (κ1) is 14.6. The molecule has 1 aromatic heterocycles. The summed E-state index contributed by atoms with van der Waals surface area (Å²) >= 11 is 0. The number of hydrogen-bond donors (Lipinski definition) is 2. The highest BCUT2D eigenvalue weighted by Crippen LogP contribution is 2.30. The minimum atomic E-state index is -0.906. The third-order valence-corrected chi connectivity index (χ3v) is 3.47. The lowest BCUT2D eigenvalue weighted by molar-refractivity contribution is -0.140. The van der Waals surface area contributed by atoms with Crippen LogP contribution in [-0.4, -0.2) is 41.0 Å². The number of nitrogens with zero attached hydrogens (tertiary/aromatic N) is 1. The van der Waals surface area contributed by atoms with Crippen LogP contribution in [0, 0.1) is 5.92 Å². The molecule has 110 valence electrons. The number of hydrogen-bond acceptors (Lipinski definition) is 4. The largest absolute Gasteiger partial charge is 0.480 e. The van der Waals surface area contributed by atoms with Gasteiger partial charge in [-0.15, -0.1) is 0 Å². The second kappa shape index (κ2) is 6.56. The van der Waals surface area contributed by atoms with Crippen LogP contribution in [-0.2, 0) is 16.1 Å². The van der Waals surface area contributed by atoms with Crippen LogP contribution in [0.3, 0.4) is 0 Å². The third kappa shape index (κ3) is 4.38. The van der Waals surface area contributed by atoms with Crippen molar-refractivity contribution in [1.29, 1.82) is 0 Å². The second-order valence-corrected chi connectivity index (χ2v) is 5.24. The first-order valence-corrected chi connectivity index (χ1v) is 6.82. The molecule has 1 aliphatic rings. The SMILES string of the molecule is CC(C(=O)NCc1ccco1)N(CC(=O)O)CC1CC1. The molecule has 6 nitrogen and oxygen atoms in total. The van der Waals surface area contributed by atoms with Gasteiger partial charge in [0.05, 0.1) is 25.4 Å². The van der Waals surface area contributed by atoms with E-state index in [1.165, 1.54) is 0 Å². The minimum absolute atomic E-state index is 0.105. The van der Waals surface area contributed by atoms with E-state index >= 15 is 0 Å². The Kier molecular flexibility index (Phi) is 4.79. The molecule has 1 amide bonds. The zero-order valence-corrected chi connectivity index (χ0v) is 11.5. The van der Waals surface area contributed by atoms with E-state index in [4.69, 9.17) is 9.52 Å². The Morgan fingerprint density at radius 2 is 2.30 bits per heavy atom. The highest BCUT2D eigenvalue weighted by Gasteiger charge is 2.30. The molecule has 2 N–H and O–H groups in total. The molecule has 1 unspecified atom stereocenters. The maximum absolute atomic E-state index is 12.1. The van der Waals surface area contributed by atoms with Crippen molar-refractivity contribution in [1.82, 2.24) is 10.2 Å². The van der Waals surface area contributed by atoms with Crippen molar-refractivity contribution in [2.45, 2.75) is 32.4 Å². The summed E-state index contributed by atoms with van der Waals surface area (Å²) in [6, 6.07) is 3.08. The van der Waals surface area contributed by atoms with Gasteiger partial charge in [0.1, 0.15) is 5.76 Å². The molecular weight excluding hydrogens is 260 g/mol. The van der Waals surface area contributed by atoms with Crippen molar-refractivity contribution in [3.05, 3.63) is 24.2 Å². The maximum atomic E-state index is 12.1. The summed E-state index contributed by atoms with van der Waals surface area (Å²) in [4.78, 5) is 24.7. The molecule has 0 aliphatic heterocycles. The van der Waals surface area contributed by atoms with Gasteiger partial charge in [0.2, 0.25) is 5.91 Å². The highest BCUT2D eigenvalue weighted by atomic mass is 16.4. The summed E-state index contributed by atoms with van der Waals surface area (Å²) in [5.74, 6) is 0.131. The van der Waals surface area contributed by atoms with Crippen LogP contribution < -0.4 is 5.32 Å². The molecule has 6 heteroatoms. The second-order valence-electron chi connectivity index (χ2n) is 5.24. The zero-order chi connectivity index (χ0) is 14.5. The molecular formula is C14H20N2O4. The average Bonchev–Trinajstić information content (AvgIpc) is 3.06. The number of furan rings is 1. The average molecular weight is 280 g/mol. The summed E-state index contributed by atoms with van der Waals surface area (Å²) in [5.41, 5.74) is 0. The van der Waals surface area contributed by atoms with Crippen LogP contribution >= 0.6 is 0 Å². The lowest BCUT2D eigenvalue weighted by atomic mass is 10.2. The molecule has 0 saturated heterocycles. The van der Waals surface area contributed by atoms with Crippen molar-refractivity contribution in [2.75, 3.05) is 13.1 Å². The fourth-order valence-corrected chi connectivity index (χ4v) is 2.07. The number of carbonyl (C=O) groups is 2. The van der Waals surface area contributed by atoms with Crippen molar-refractivity contribution >= 4 is 11.9 Å². The molecule has 0 spiro atoms. The summed E-state index contributed by atoms with van der Waals surface area (Å²) in [6.45, 7) is 2.62. The van der Waals surface area contributed by atoms with Gasteiger partial charge in [-0.3, -0.25) is 14.5 Å². The number of nitrogens with one attached hydrogen (secondary N) is 1. The maximum Gasteiger partial charge on any atom is 0.317 e. The Bertz CT molecular complexity index is 454. The molecule has 0 aromatic carbocycles. The van der Waals surface area contributed by atoms with Crippen LogP contribution in [0.15, 0.2) is 22.8 Å². The number of carboxylic acid groups (broad SMARTS) is 1. The van der Waals surface area contributed by atoms with E-state index in [0.29, 0.717) is 24.8 Å². The topological polar surface area (TPSA) is 82.8 Å². The molecule has 1 fully saturated rings. The van der Waals surface area contributed by atoms with Gasteiger partial charge < -0.3 is 14.8 Å². The number of rotatable bonds is 8. The summed E-state index contributed by atoms with van der Waals surface area (Å²) in [7, 11) is 0. The monoisotopic (exact) mass is 280 g/mol. The normalized spacial score (nSPS) is 16.1. The van der Waals surface area contributed by atoms with Gasteiger partial charge in [-0.1, -0.05) is 0 Å². The molecule has 1 heterocycles. The van der Waals surface area contributed by atoms with Gasteiger partial charge >= 0.3 is 5.97 Å². The van der Waals surface area contributed by atoms with Crippen LogP contribution in [0.1, 0.15) is 25.5 Å². The zero-order valence-electron chi connectivity index (χ0n) is 11.5. The number of carboxylic acids is 1. The van der Waals surface area contributed by atoms with Crippen LogP contribution in [0.2, 0.25) is 0 Å². The molecule has 0 bridgehead atoms. The van der Waals surface area contributed by atoms with E-state index in [2.05, 4.69) is 5.32 Å². The Morgan fingerprint density at radius 1 is 1.55 bits per heavy atom. The van der Waals surface area contributed by atoms with Crippen molar-refractivity contribution in [2.24, 2.45) is 5.92 Å². The summed E-state index contributed by atoms with van der Waals surface area (Å²) in [5, 5.41) is 11.7. The van der Waals surface area contributed by atoms with Crippen molar-refractivity contribution in [3.63, 3.8) is 0 Å². The Labute approximate surface area is 117 Å². The van der Waals surface area contributed by atoms with Crippen LogP contribution in [0.5, 0.6) is 0 Å². The molecule has 2 rings (SSSR count). The van der Waals surface area contributed by atoms with Crippen molar-refractivity contribution < 1.29 is 19.1 Å². The fourth-order valence-electron chi connectivity index (χ4n) is 2.07. The Hall–Kier alpha value is -1.82. The van der Waals surface area contributed by atoms with E-state index < -0.39 is 12.0 Å². The van der Waals surface area contributed by atoms with E-state index in [-0.39, 0.29) is 12.5 Å². The highest BCUT2D eigenvalue weighted by molar-refractivity contribution is 5.82. The van der Waals surface area contributed by atoms with Crippen molar-refractivity contribution in [3.8, 4) is 0 Å². The molecule has 1 saturated carbocycles. The van der Waals surface area contributed by atoms with Gasteiger partial charge in [0, 0.05) is 6.54 Å². The predicted octanol–water partition coefficient (Wildman–Crippen LogP) is 1.08. The smallest absolute Gasteiger partial charge is 0.317 e. The Balaban J connectivity index is 1.85. The molecule has 1 aliphatic carbocycles. The van der Waals surface area contributed by atoms with E-state index in [0.717, 1.165) is 12.8 Å². The fraction of sp³-hybridized carbons (Fsp3) is 0.571. The lowest BCUT2D eigenvalue weighted by Crippen LogP contribution is -2.47. The Morgan fingerprint density at radius 3 is 2.85 bits per heavy atom. The molecule has 0 radical (unpaired) electrons. The first-order chi connectivity index (χ1) is 9.56. The van der Waals surface area contributed by atoms with Gasteiger partial charge in [-0.25, -0.2) is 0 Å². The van der Waals surface area contributed by atoms with Crippen LogP contribution in [0.4, 0.5) is 0 Å². The number of amides is 1. The standard InChI is InChI=1S/C14H20N2O4/c1-10(14(19)15-7-12-3-2-6-20-12)16(9-13(17)18)8-11-4-5-11/h2-3,6,10-11H,4-5,7-9H2,1H3,(H,15,19)(H,17,18). The van der Waals surface area contributed by atoms with Gasteiger partial charge in [-0.2, -0.15) is 0 Å². The molecule has 1 aromatic rings. The summed E-state index contributed by atoms with van der Waals surface area (Å²) in [6.07, 6.45) is 3.79. The third-order valence-electron chi connectivity index (χ3n) is 3.47. The molecule has 1 atom stereocenters.